The minimum atomic E-state index is -0.969. The molecule has 0 N–H and O–H groups in total. The average Bonchev–Trinajstić information content (AvgIpc) is 3.76. The van der Waals surface area contributed by atoms with E-state index >= 15 is 0 Å². The van der Waals surface area contributed by atoms with Crippen LogP contribution >= 0.6 is 0 Å². The molecule has 5 rings (SSSR count). The van der Waals surface area contributed by atoms with Gasteiger partial charge in [-0.1, -0.05) is 38.1 Å². The van der Waals surface area contributed by atoms with Crippen molar-refractivity contribution in [3.63, 3.8) is 0 Å². The summed E-state index contributed by atoms with van der Waals surface area (Å²) in [6.45, 7) is 12.4. The molecule has 2 heterocycles. The Hall–Kier alpha value is -2.18. The summed E-state index contributed by atoms with van der Waals surface area (Å²) in [6.07, 6.45) is 5.86. The minimum absolute atomic E-state index is 0. The molecule has 40 heavy (non-hydrogen) atoms. The van der Waals surface area contributed by atoms with Crippen LogP contribution in [0.25, 0.3) is 11.1 Å². The zero-order valence-corrected chi connectivity index (χ0v) is 26.9. The van der Waals surface area contributed by atoms with E-state index in [0.717, 1.165) is 55.8 Å². The van der Waals surface area contributed by atoms with Crippen molar-refractivity contribution in [3.8, 4) is 16.9 Å². The summed E-state index contributed by atoms with van der Waals surface area (Å²) >= 11 is 0. The molecule has 1 unspecified atom stereocenters. The van der Waals surface area contributed by atoms with Crippen LogP contribution in [0.2, 0.25) is 0 Å². The quantitative estimate of drug-likeness (QED) is 0.364. The van der Waals surface area contributed by atoms with Gasteiger partial charge < -0.3 is 14.6 Å². The molecule has 2 aromatic carbocycles. The van der Waals surface area contributed by atoms with Gasteiger partial charge >= 0.3 is 29.6 Å². The number of hydrogen-bond donors (Lipinski definition) is 0. The summed E-state index contributed by atoms with van der Waals surface area (Å²) in [5.74, 6) is -0.185. The Morgan fingerprint density at radius 2 is 1.80 bits per heavy atom. The van der Waals surface area contributed by atoms with E-state index in [4.69, 9.17) is 4.74 Å². The van der Waals surface area contributed by atoms with Crippen LogP contribution in [0.3, 0.4) is 0 Å². The van der Waals surface area contributed by atoms with Gasteiger partial charge in [-0.3, -0.25) is 9.88 Å². The van der Waals surface area contributed by atoms with Crippen LogP contribution in [0.15, 0.2) is 54.7 Å². The summed E-state index contributed by atoms with van der Waals surface area (Å²) in [7, 11) is 0. The maximum Gasteiger partial charge on any atom is 1.00 e. The Bertz CT molecular complexity index is 1340. The van der Waals surface area contributed by atoms with Gasteiger partial charge in [0.25, 0.3) is 0 Å². The molecule has 206 valence electrons. The van der Waals surface area contributed by atoms with Crippen molar-refractivity contribution in [2.45, 2.75) is 84.9 Å². The maximum absolute atomic E-state index is 11.8. The molecule has 0 saturated heterocycles. The minimum Gasteiger partial charge on any atom is -0.550 e. The number of benzene rings is 2. The van der Waals surface area contributed by atoms with Crippen molar-refractivity contribution >= 4 is 5.97 Å². The van der Waals surface area contributed by atoms with Crippen LogP contribution in [0, 0.1) is 18.8 Å². The van der Waals surface area contributed by atoms with Gasteiger partial charge in [-0.05, 0) is 122 Å². The van der Waals surface area contributed by atoms with E-state index in [-0.39, 0.29) is 41.6 Å². The van der Waals surface area contributed by atoms with Gasteiger partial charge in [0.05, 0.1) is 0 Å². The zero-order chi connectivity index (χ0) is 27.7. The zero-order valence-electron chi connectivity index (χ0n) is 24.9. The van der Waals surface area contributed by atoms with Gasteiger partial charge in [-0.2, -0.15) is 0 Å². The summed E-state index contributed by atoms with van der Waals surface area (Å²) in [6, 6.07) is 17.8. The molecular weight excluding hydrogens is 507 g/mol. The van der Waals surface area contributed by atoms with E-state index in [9.17, 15) is 9.90 Å². The molecule has 2 aliphatic rings. The number of carbonyl (C=O) groups is 1. The van der Waals surface area contributed by atoms with E-state index in [0.29, 0.717) is 12.0 Å². The topological polar surface area (TPSA) is 65.5 Å². The molecule has 1 aliphatic heterocycles. The Kier molecular flexibility index (Phi) is 10.2. The number of aliphatic carboxylic acids is 1. The molecule has 0 bridgehead atoms. The third kappa shape index (κ3) is 6.82. The van der Waals surface area contributed by atoms with Crippen molar-refractivity contribution in [3.05, 3.63) is 82.7 Å². The first kappa shape index (κ1) is 30.8. The molecular formula is C34H41N2NaO3. The number of rotatable bonds is 10. The molecule has 1 saturated carbocycles. The first-order valence-corrected chi connectivity index (χ1v) is 14.5. The van der Waals surface area contributed by atoms with Crippen molar-refractivity contribution in [1.29, 1.82) is 0 Å². The molecule has 1 aliphatic carbocycles. The molecule has 0 radical (unpaired) electrons. The van der Waals surface area contributed by atoms with Gasteiger partial charge in [0.1, 0.15) is 11.9 Å². The first-order valence-electron chi connectivity index (χ1n) is 14.5. The summed E-state index contributed by atoms with van der Waals surface area (Å²) in [5.41, 5.74) is 8.18. The molecule has 6 heteroatoms. The molecule has 3 atom stereocenters. The predicted octanol–water partition coefficient (Wildman–Crippen LogP) is 3.24. The third-order valence-corrected chi connectivity index (χ3v) is 8.69. The number of hydrogen-bond acceptors (Lipinski definition) is 5. The number of carboxylic acids is 1. The number of aromatic nitrogens is 1. The Labute approximate surface area is 261 Å². The predicted molar refractivity (Wildman–Crippen MR) is 153 cm³/mol. The SMILES string of the molecule is CCN(Cc1cc(-c2ccnc(C)c2)ccc1C1CCc2ccc([C@H](C3CC3)[C@H](C)C(=O)[O-])cc2O1)C(C)C.[Na+]. The van der Waals surface area contributed by atoms with Crippen LogP contribution in [0.5, 0.6) is 5.75 Å². The molecule has 1 fully saturated rings. The number of fused-ring (bicyclic) bond motifs is 1. The molecule has 5 nitrogen and oxygen atoms in total. The maximum atomic E-state index is 11.8. The van der Waals surface area contributed by atoms with Crippen molar-refractivity contribution in [1.82, 2.24) is 9.88 Å². The van der Waals surface area contributed by atoms with E-state index in [2.05, 4.69) is 79.2 Å². The second-order valence-electron chi connectivity index (χ2n) is 11.7. The fourth-order valence-corrected chi connectivity index (χ4v) is 6.22. The average molecular weight is 549 g/mol. The van der Waals surface area contributed by atoms with Gasteiger partial charge in [0, 0.05) is 36.4 Å². The number of carboxylic acid groups (broad SMARTS) is 1. The van der Waals surface area contributed by atoms with E-state index in [1.807, 2.05) is 13.1 Å². The third-order valence-electron chi connectivity index (χ3n) is 8.69. The van der Waals surface area contributed by atoms with Crippen molar-refractivity contribution in [2.24, 2.45) is 11.8 Å². The molecule has 0 spiro atoms. The second kappa shape index (κ2) is 13.2. The van der Waals surface area contributed by atoms with Crippen LogP contribution in [-0.2, 0) is 17.8 Å². The Morgan fingerprint density at radius 3 is 2.45 bits per heavy atom. The van der Waals surface area contributed by atoms with Crippen LogP contribution in [0.1, 0.15) is 86.9 Å². The van der Waals surface area contributed by atoms with E-state index in [1.165, 1.54) is 27.8 Å². The van der Waals surface area contributed by atoms with Crippen molar-refractivity contribution in [2.75, 3.05) is 6.54 Å². The summed E-state index contributed by atoms with van der Waals surface area (Å²) in [5, 5.41) is 11.8. The van der Waals surface area contributed by atoms with Crippen LogP contribution in [-0.4, -0.2) is 28.4 Å². The van der Waals surface area contributed by atoms with Gasteiger partial charge in [0.2, 0.25) is 0 Å². The normalized spacial score (nSPS) is 18.0. The van der Waals surface area contributed by atoms with Crippen LogP contribution < -0.4 is 39.4 Å². The number of pyridine rings is 1. The summed E-state index contributed by atoms with van der Waals surface area (Å²) in [4.78, 5) is 18.6. The van der Waals surface area contributed by atoms with Crippen molar-refractivity contribution < 1.29 is 44.2 Å². The Morgan fingerprint density at radius 1 is 1.05 bits per heavy atom. The van der Waals surface area contributed by atoms with Gasteiger partial charge in [0.15, 0.2) is 0 Å². The van der Waals surface area contributed by atoms with Gasteiger partial charge in [-0.15, -0.1) is 0 Å². The number of aryl methyl sites for hydroxylation is 2. The monoisotopic (exact) mass is 548 g/mol. The fraction of sp³-hybridized carbons (Fsp3) is 0.471. The fourth-order valence-electron chi connectivity index (χ4n) is 6.22. The number of ether oxygens (including phenoxy) is 1. The van der Waals surface area contributed by atoms with Crippen LogP contribution in [0.4, 0.5) is 0 Å². The largest absolute Gasteiger partial charge is 1.00 e. The second-order valence-corrected chi connectivity index (χ2v) is 11.7. The Balaban J connectivity index is 0.00000370. The molecule has 1 aromatic heterocycles. The number of carbonyl (C=O) groups excluding carboxylic acids is 1. The van der Waals surface area contributed by atoms with Gasteiger partial charge in [-0.25, -0.2) is 0 Å². The first-order chi connectivity index (χ1) is 18.7. The smallest absolute Gasteiger partial charge is 0.550 e. The molecule has 3 aromatic rings. The van der Waals surface area contributed by atoms with E-state index in [1.54, 1.807) is 6.92 Å². The standard InChI is InChI=1S/C34H42N2O3.Na/c1-6-36(21(2)3)20-29-18-26(27-15-16-35-22(4)17-27)11-13-30(29)31-14-12-24-7-10-28(19-32(24)39-31)33(25-8-9-25)23(5)34(37)38;/h7,10-11,13,15-19,21,23,25,31,33H,6,8-9,12,14,20H2,1-5H3,(H,37,38);/q;+1/p-1/t23-,31?,33-;/m0./s1. The van der Waals surface area contributed by atoms with E-state index < -0.39 is 11.9 Å². The summed E-state index contributed by atoms with van der Waals surface area (Å²) < 4.78 is 6.74. The number of nitrogens with zero attached hydrogens (tertiary/aromatic N) is 2. The molecule has 0 amide bonds.